The van der Waals surface area contributed by atoms with E-state index >= 15 is 0 Å². The summed E-state index contributed by atoms with van der Waals surface area (Å²) in [4.78, 5) is 50.6. The van der Waals surface area contributed by atoms with Crippen LogP contribution in [0.5, 0.6) is 0 Å². The molecular weight excluding hydrogens is 462 g/mol. The molecule has 1 aliphatic rings. The van der Waals surface area contributed by atoms with E-state index < -0.39 is 24.3 Å². The molecular formula is C24H16BrNO5. The molecule has 1 N–H and O–H groups in total. The molecule has 0 radical (unpaired) electrons. The second kappa shape index (κ2) is 8.28. The van der Waals surface area contributed by atoms with Gasteiger partial charge < -0.3 is 10.1 Å². The molecule has 1 aliphatic carbocycles. The Bertz CT molecular complexity index is 1260. The fourth-order valence-electron chi connectivity index (χ4n) is 3.44. The number of nitrogens with one attached hydrogen (secondary N) is 1. The van der Waals surface area contributed by atoms with Gasteiger partial charge in [-0.05, 0) is 36.8 Å². The summed E-state index contributed by atoms with van der Waals surface area (Å²) < 4.78 is 6.04. The number of ether oxygens (including phenoxy) is 1. The number of esters is 1. The van der Waals surface area contributed by atoms with Crippen LogP contribution >= 0.6 is 15.9 Å². The Labute approximate surface area is 186 Å². The van der Waals surface area contributed by atoms with Crippen molar-refractivity contribution in [3.8, 4) is 0 Å². The Kier molecular flexibility index (Phi) is 5.52. The van der Waals surface area contributed by atoms with E-state index in [4.69, 9.17) is 4.74 Å². The van der Waals surface area contributed by atoms with Crippen LogP contribution in [0, 0.1) is 6.92 Å². The third kappa shape index (κ3) is 3.92. The molecule has 0 heterocycles. The topological polar surface area (TPSA) is 89.5 Å². The molecule has 4 rings (SSSR count). The zero-order valence-corrected chi connectivity index (χ0v) is 18.0. The Morgan fingerprint density at radius 3 is 2.29 bits per heavy atom. The van der Waals surface area contributed by atoms with E-state index in [0.29, 0.717) is 11.3 Å². The molecule has 0 aliphatic heterocycles. The summed E-state index contributed by atoms with van der Waals surface area (Å²) in [6.07, 6.45) is 0. The van der Waals surface area contributed by atoms with Gasteiger partial charge in [-0.25, -0.2) is 4.79 Å². The highest BCUT2D eigenvalue weighted by atomic mass is 79.9. The van der Waals surface area contributed by atoms with Gasteiger partial charge in [-0.2, -0.15) is 0 Å². The van der Waals surface area contributed by atoms with Crippen molar-refractivity contribution in [1.82, 2.24) is 0 Å². The summed E-state index contributed by atoms with van der Waals surface area (Å²) >= 11 is 3.39. The first-order valence-electron chi connectivity index (χ1n) is 9.41. The zero-order valence-electron chi connectivity index (χ0n) is 16.4. The van der Waals surface area contributed by atoms with Crippen molar-refractivity contribution < 1.29 is 23.9 Å². The molecule has 3 aromatic carbocycles. The normalized spacial score (nSPS) is 12.1. The number of carbonyl (C=O) groups is 4. The third-order valence-electron chi connectivity index (χ3n) is 4.95. The first-order chi connectivity index (χ1) is 14.9. The van der Waals surface area contributed by atoms with E-state index in [-0.39, 0.29) is 28.0 Å². The van der Waals surface area contributed by atoms with E-state index in [1.165, 1.54) is 18.2 Å². The number of hydrogen-bond donors (Lipinski definition) is 1. The van der Waals surface area contributed by atoms with Gasteiger partial charge >= 0.3 is 5.97 Å². The highest BCUT2D eigenvalue weighted by Gasteiger charge is 2.33. The number of aryl methyl sites for hydroxylation is 1. The van der Waals surface area contributed by atoms with Gasteiger partial charge in [0.05, 0.1) is 5.56 Å². The lowest BCUT2D eigenvalue weighted by Gasteiger charge is -2.19. The van der Waals surface area contributed by atoms with Crippen LogP contribution in [0.4, 0.5) is 5.69 Å². The number of rotatable bonds is 4. The van der Waals surface area contributed by atoms with Crippen molar-refractivity contribution in [1.29, 1.82) is 0 Å². The van der Waals surface area contributed by atoms with Crippen LogP contribution in [0.2, 0.25) is 0 Å². The molecule has 0 saturated carbocycles. The number of carbonyl (C=O) groups excluding carboxylic acids is 4. The van der Waals surface area contributed by atoms with Gasteiger partial charge in [0.1, 0.15) is 0 Å². The van der Waals surface area contributed by atoms with Crippen molar-refractivity contribution in [3.05, 3.63) is 98.5 Å². The van der Waals surface area contributed by atoms with Crippen molar-refractivity contribution in [2.45, 2.75) is 6.92 Å². The number of hydrogen-bond acceptors (Lipinski definition) is 5. The molecule has 0 fully saturated rings. The van der Waals surface area contributed by atoms with Gasteiger partial charge in [0.15, 0.2) is 18.2 Å². The molecule has 1 amide bonds. The SMILES string of the molecule is Cc1cc(NC(=O)COC(=O)c2cccc3c2C(=O)c2ccccc2C3=O)ccc1Br. The molecule has 31 heavy (non-hydrogen) atoms. The lowest BCUT2D eigenvalue weighted by molar-refractivity contribution is -0.119. The summed E-state index contributed by atoms with van der Waals surface area (Å²) in [6, 6.07) is 16.2. The van der Waals surface area contributed by atoms with Gasteiger partial charge in [0.25, 0.3) is 5.91 Å². The van der Waals surface area contributed by atoms with Gasteiger partial charge in [-0.1, -0.05) is 52.3 Å². The van der Waals surface area contributed by atoms with Crippen LogP contribution < -0.4 is 5.32 Å². The number of amides is 1. The molecule has 7 heteroatoms. The Hall–Kier alpha value is -3.58. The van der Waals surface area contributed by atoms with Gasteiger partial charge in [-0.3, -0.25) is 14.4 Å². The Morgan fingerprint density at radius 2 is 1.58 bits per heavy atom. The van der Waals surface area contributed by atoms with E-state index in [0.717, 1.165) is 10.0 Å². The van der Waals surface area contributed by atoms with Crippen LogP contribution in [0.25, 0.3) is 0 Å². The average molecular weight is 478 g/mol. The van der Waals surface area contributed by atoms with Crippen molar-refractivity contribution in [2.75, 3.05) is 11.9 Å². The first kappa shape index (κ1) is 20.7. The zero-order chi connectivity index (χ0) is 22.1. The maximum atomic E-state index is 13.0. The summed E-state index contributed by atoms with van der Waals surface area (Å²) in [5.74, 6) is -2.12. The largest absolute Gasteiger partial charge is 0.452 e. The molecule has 0 spiro atoms. The lowest BCUT2D eigenvalue weighted by Crippen LogP contribution is -2.26. The minimum Gasteiger partial charge on any atom is -0.452 e. The standard InChI is InChI=1S/C24H16BrNO5/c1-13-11-14(9-10-19(13)25)26-20(27)12-31-24(30)18-8-4-7-17-21(18)23(29)16-6-3-2-5-15(16)22(17)28/h2-11H,12H2,1H3,(H,26,27). The van der Waals surface area contributed by atoms with Gasteiger partial charge in [0.2, 0.25) is 0 Å². The van der Waals surface area contributed by atoms with E-state index in [1.807, 2.05) is 6.92 Å². The summed E-state index contributed by atoms with van der Waals surface area (Å²) in [7, 11) is 0. The Balaban J connectivity index is 1.52. The average Bonchev–Trinajstić information content (AvgIpc) is 2.78. The number of halogens is 1. The highest BCUT2D eigenvalue weighted by molar-refractivity contribution is 9.10. The molecule has 3 aromatic rings. The highest BCUT2D eigenvalue weighted by Crippen LogP contribution is 2.29. The van der Waals surface area contributed by atoms with Crippen LogP contribution in [0.1, 0.15) is 47.8 Å². The second-order valence-electron chi connectivity index (χ2n) is 7.02. The van der Waals surface area contributed by atoms with Crippen molar-refractivity contribution >= 4 is 45.1 Å². The van der Waals surface area contributed by atoms with Crippen molar-refractivity contribution in [2.24, 2.45) is 0 Å². The smallest absolute Gasteiger partial charge is 0.339 e. The molecule has 0 saturated heterocycles. The van der Waals surface area contributed by atoms with Gasteiger partial charge in [-0.15, -0.1) is 0 Å². The van der Waals surface area contributed by atoms with Crippen molar-refractivity contribution in [3.63, 3.8) is 0 Å². The van der Waals surface area contributed by atoms with Crippen LogP contribution in [-0.4, -0.2) is 30.0 Å². The van der Waals surface area contributed by atoms with E-state index in [1.54, 1.807) is 42.5 Å². The second-order valence-corrected chi connectivity index (χ2v) is 7.87. The minimum atomic E-state index is -0.848. The number of benzene rings is 3. The van der Waals surface area contributed by atoms with Gasteiger partial charge in [0, 0.05) is 32.4 Å². The molecule has 0 bridgehead atoms. The quantitative estimate of drug-likeness (QED) is 0.441. The number of ketones is 2. The maximum absolute atomic E-state index is 13.0. The molecule has 6 nitrogen and oxygen atoms in total. The lowest BCUT2D eigenvalue weighted by atomic mass is 9.82. The predicted octanol–water partition coefficient (Wildman–Crippen LogP) is 4.33. The fraction of sp³-hybridized carbons (Fsp3) is 0.0833. The van der Waals surface area contributed by atoms with Crippen LogP contribution in [-0.2, 0) is 9.53 Å². The van der Waals surface area contributed by atoms with E-state index in [2.05, 4.69) is 21.2 Å². The summed E-state index contributed by atoms with van der Waals surface area (Å²) in [6.45, 7) is 1.35. The minimum absolute atomic E-state index is 0.000132. The number of anilines is 1. The monoisotopic (exact) mass is 477 g/mol. The number of fused-ring (bicyclic) bond motifs is 2. The van der Waals surface area contributed by atoms with Crippen LogP contribution in [0.3, 0.4) is 0 Å². The molecule has 0 atom stereocenters. The molecule has 154 valence electrons. The third-order valence-corrected chi connectivity index (χ3v) is 5.84. The maximum Gasteiger partial charge on any atom is 0.339 e. The predicted molar refractivity (Wildman–Crippen MR) is 118 cm³/mol. The summed E-state index contributed by atoms with van der Waals surface area (Å²) in [5.41, 5.74) is 2.15. The Morgan fingerprint density at radius 1 is 0.903 bits per heavy atom. The summed E-state index contributed by atoms with van der Waals surface area (Å²) in [5, 5.41) is 2.65. The fourth-order valence-corrected chi connectivity index (χ4v) is 3.69. The first-order valence-corrected chi connectivity index (χ1v) is 10.2. The van der Waals surface area contributed by atoms with E-state index in [9.17, 15) is 19.2 Å². The molecule has 0 aromatic heterocycles. The molecule has 0 unspecified atom stereocenters. The van der Waals surface area contributed by atoms with Crippen LogP contribution in [0.15, 0.2) is 65.1 Å².